The van der Waals surface area contributed by atoms with E-state index < -0.39 is 5.97 Å². The Hall–Kier alpha value is -3.18. The van der Waals surface area contributed by atoms with Crippen LogP contribution in [0.5, 0.6) is 5.75 Å². The van der Waals surface area contributed by atoms with Gasteiger partial charge in [0, 0.05) is 12.1 Å². The fourth-order valence-corrected chi connectivity index (χ4v) is 4.52. The van der Waals surface area contributed by atoms with Crippen molar-refractivity contribution >= 4 is 40.1 Å². The lowest BCUT2D eigenvalue weighted by molar-refractivity contribution is -0.113. The van der Waals surface area contributed by atoms with Gasteiger partial charge in [0.05, 0.1) is 24.7 Å². The molecule has 0 atom stereocenters. The Balaban J connectivity index is 1.67. The van der Waals surface area contributed by atoms with Gasteiger partial charge in [-0.1, -0.05) is 29.2 Å². The summed E-state index contributed by atoms with van der Waals surface area (Å²) in [6.45, 7) is 10.5. The molecule has 3 aromatic rings. The molecular weight excluding hydrogens is 462 g/mol. The summed E-state index contributed by atoms with van der Waals surface area (Å²) in [5, 5.41) is 12.2. The first-order valence-electron chi connectivity index (χ1n) is 10.3. The first-order valence-corrected chi connectivity index (χ1v) is 12.1. The topological polar surface area (TPSA) is 108 Å². The van der Waals surface area contributed by atoms with E-state index in [1.807, 2.05) is 35.8 Å². The maximum atomic E-state index is 12.5. The number of rotatable bonds is 11. The van der Waals surface area contributed by atoms with E-state index in [1.165, 1.54) is 11.8 Å². The minimum Gasteiger partial charge on any atom is -0.494 e. The first-order chi connectivity index (χ1) is 16.0. The molecule has 1 amide bonds. The fraction of sp³-hybridized carbons (Fsp3) is 0.318. The van der Waals surface area contributed by atoms with E-state index in [4.69, 9.17) is 9.47 Å². The molecule has 0 fully saturated rings. The van der Waals surface area contributed by atoms with Gasteiger partial charge in [-0.25, -0.2) is 9.78 Å². The molecule has 0 bridgehead atoms. The van der Waals surface area contributed by atoms with E-state index in [-0.39, 0.29) is 18.3 Å². The van der Waals surface area contributed by atoms with Crippen LogP contribution in [0.3, 0.4) is 0 Å². The number of aromatic nitrogens is 4. The van der Waals surface area contributed by atoms with E-state index in [9.17, 15) is 9.59 Å². The molecule has 2 aromatic heterocycles. The van der Waals surface area contributed by atoms with Gasteiger partial charge in [0.25, 0.3) is 0 Å². The number of carbonyl (C=O) groups is 2. The van der Waals surface area contributed by atoms with Gasteiger partial charge in [0.1, 0.15) is 10.6 Å². The van der Waals surface area contributed by atoms with Crippen molar-refractivity contribution in [2.75, 3.05) is 24.3 Å². The van der Waals surface area contributed by atoms with Crippen molar-refractivity contribution in [2.45, 2.75) is 32.5 Å². The molecule has 0 radical (unpaired) electrons. The number of nitrogens with one attached hydrogen (secondary N) is 1. The average molecular weight is 488 g/mol. The smallest absolute Gasteiger partial charge is 0.350 e. The van der Waals surface area contributed by atoms with Crippen molar-refractivity contribution in [2.24, 2.45) is 0 Å². The summed E-state index contributed by atoms with van der Waals surface area (Å²) in [5.41, 5.74) is 1.40. The number of carbonyl (C=O) groups excluding carboxylic acids is 2. The minimum atomic E-state index is -0.443. The van der Waals surface area contributed by atoms with Crippen LogP contribution >= 0.6 is 23.1 Å². The highest BCUT2D eigenvalue weighted by Crippen LogP contribution is 2.27. The van der Waals surface area contributed by atoms with Gasteiger partial charge in [-0.05, 0) is 45.0 Å². The van der Waals surface area contributed by atoms with Crippen molar-refractivity contribution in [1.29, 1.82) is 0 Å². The fourth-order valence-electron chi connectivity index (χ4n) is 2.89. The van der Waals surface area contributed by atoms with Crippen LogP contribution < -0.4 is 10.1 Å². The van der Waals surface area contributed by atoms with Gasteiger partial charge >= 0.3 is 5.97 Å². The average Bonchev–Trinajstić information content (AvgIpc) is 3.36. The van der Waals surface area contributed by atoms with Crippen LogP contribution in [0.1, 0.15) is 29.2 Å². The number of aryl methyl sites for hydroxylation is 1. The zero-order chi connectivity index (χ0) is 23.8. The predicted molar refractivity (Wildman–Crippen MR) is 129 cm³/mol. The lowest BCUT2D eigenvalue weighted by atomic mass is 10.2. The second kappa shape index (κ2) is 11.6. The molecule has 0 saturated heterocycles. The third kappa shape index (κ3) is 6.20. The van der Waals surface area contributed by atoms with E-state index in [0.29, 0.717) is 39.8 Å². The standard InChI is InChI=1S/C22H25N5O4S2/c1-5-12-27-19(15-8-10-16(11-9-15)30-6-2)25-26-22(27)32-13-17(28)24-21-23-14(4)18(33-21)20(29)31-7-3/h5,8-11H,1,6-7,12-13H2,2-4H3,(H,23,24,28). The second-order valence-electron chi connectivity index (χ2n) is 6.65. The van der Waals surface area contributed by atoms with Gasteiger partial charge in [-0.15, -0.1) is 16.8 Å². The molecule has 0 aliphatic rings. The molecule has 2 heterocycles. The van der Waals surface area contributed by atoms with Gasteiger partial charge < -0.3 is 14.8 Å². The second-order valence-corrected chi connectivity index (χ2v) is 8.60. The Labute approximate surface area is 200 Å². The Morgan fingerprint density at radius 1 is 1.21 bits per heavy atom. The minimum absolute atomic E-state index is 0.103. The number of esters is 1. The lowest BCUT2D eigenvalue weighted by Crippen LogP contribution is -2.14. The molecule has 1 N–H and O–H groups in total. The number of thioether (sulfide) groups is 1. The number of thiazole rings is 1. The van der Waals surface area contributed by atoms with Crippen LogP contribution in [-0.2, 0) is 16.1 Å². The molecule has 0 aliphatic heterocycles. The number of anilines is 1. The summed E-state index contributed by atoms with van der Waals surface area (Å²) in [7, 11) is 0. The zero-order valence-corrected chi connectivity index (χ0v) is 20.3. The Bertz CT molecular complexity index is 1120. The molecule has 9 nitrogen and oxygen atoms in total. The van der Waals surface area contributed by atoms with E-state index in [1.54, 1.807) is 19.9 Å². The number of nitrogens with zero attached hydrogens (tertiary/aromatic N) is 4. The molecule has 0 spiro atoms. The third-order valence-electron chi connectivity index (χ3n) is 4.29. The maximum Gasteiger partial charge on any atom is 0.350 e. The summed E-state index contributed by atoms with van der Waals surface area (Å²) in [5.74, 6) is 0.856. The first kappa shape index (κ1) is 24.5. The van der Waals surface area contributed by atoms with Crippen molar-refractivity contribution in [3.8, 4) is 17.1 Å². The van der Waals surface area contributed by atoms with Crippen LogP contribution in [-0.4, -0.2) is 50.6 Å². The number of ether oxygens (including phenoxy) is 2. The molecule has 0 unspecified atom stereocenters. The molecule has 1 aromatic carbocycles. The number of benzene rings is 1. The SMILES string of the molecule is C=CCn1c(SCC(=O)Nc2nc(C)c(C(=O)OCC)s2)nnc1-c1ccc(OCC)cc1. The van der Waals surface area contributed by atoms with Crippen LogP contribution in [0.25, 0.3) is 11.4 Å². The summed E-state index contributed by atoms with van der Waals surface area (Å²) in [6.07, 6.45) is 1.75. The van der Waals surface area contributed by atoms with Gasteiger partial charge in [-0.3, -0.25) is 9.36 Å². The van der Waals surface area contributed by atoms with E-state index >= 15 is 0 Å². The number of allylic oxidation sites excluding steroid dienone is 1. The molecule has 0 aliphatic carbocycles. The quantitative estimate of drug-likeness (QED) is 0.244. The molecule has 3 rings (SSSR count). The Kier molecular flexibility index (Phi) is 8.61. The van der Waals surface area contributed by atoms with Crippen LogP contribution in [0.2, 0.25) is 0 Å². The highest BCUT2D eigenvalue weighted by molar-refractivity contribution is 7.99. The Morgan fingerprint density at radius 3 is 2.64 bits per heavy atom. The highest BCUT2D eigenvalue weighted by atomic mass is 32.2. The largest absolute Gasteiger partial charge is 0.494 e. The summed E-state index contributed by atoms with van der Waals surface area (Å²) in [6, 6.07) is 7.60. The molecular formula is C22H25N5O4S2. The number of hydrogen-bond donors (Lipinski definition) is 1. The normalized spacial score (nSPS) is 10.6. The van der Waals surface area contributed by atoms with Crippen molar-refractivity contribution in [3.63, 3.8) is 0 Å². The summed E-state index contributed by atoms with van der Waals surface area (Å²) >= 11 is 2.35. The summed E-state index contributed by atoms with van der Waals surface area (Å²) in [4.78, 5) is 29.0. The third-order valence-corrected chi connectivity index (χ3v) is 6.31. The van der Waals surface area contributed by atoms with E-state index in [2.05, 4.69) is 27.1 Å². The van der Waals surface area contributed by atoms with Crippen molar-refractivity contribution < 1.29 is 19.1 Å². The van der Waals surface area contributed by atoms with Crippen LogP contribution in [0, 0.1) is 6.92 Å². The number of amides is 1. The molecule has 174 valence electrons. The molecule has 11 heteroatoms. The highest BCUT2D eigenvalue weighted by Gasteiger charge is 2.19. The molecule has 33 heavy (non-hydrogen) atoms. The maximum absolute atomic E-state index is 12.5. The molecule has 0 saturated carbocycles. The predicted octanol–water partition coefficient (Wildman–Crippen LogP) is 4.20. The van der Waals surface area contributed by atoms with Crippen molar-refractivity contribution in [3.05, 3.63) is 47.5 Å². The van der Waals surface area contributed by atoms with Gasteiger partial charge in [-0.2, -0.15) is 0 Å². The van der Waals surface area contributed by atoms with Crippen LogP contribution in [0.15, 0.2) is 42.1 Å². The monoisotopic (exact) mass is 487 g/mol. The van der Waals surface area contributed by atoms with E-state index in [0.717, 1.165) is 22.6 Å². The zero-order valence-electron chi connectivity index (χ0n) is 18.7. The van der Waals surface area contributed by atoms with Crippen molar-refractivity contribution in [1.82, 2.24) is 19.7 Å². The lowest BCUT2D eigenvalue weighted by Gasteiger charge is -2.08. The summed E-state index contributed by atoms with van der Waals surface area (Å²) < 4.78 is 12.4. The van der Waals surface area contributed by atoms with Crippen LogP contribution in [0.4, 0.5) is 5.13 Å². The Morgan fingerprint density at radius 2 is 1.97 bits per heavy atom. The van der Waals surface area contributed by atoms with Gasteiger partial charge in [0.15, 0.2) is 16.1 Å². The van der Waals surface area contributed by atoms with Gasteiger partial charge in [0.2, 0.25) is 5.91 Å². The number of hydrogen-bond acceptors (Lipinski definition) is 9.